The Kier molecular flexibility index (Phi) is 4.30. The van der Waals surface area contributed by atoms with Crippen molar-refractivity contribution in [1.82, 2.24) is 4.31 Å². The molecule has 18 heavy (non-hydrogen) atoms. The first-order valence-corrected chi connectivity index (χ1v) is 8.37. The van der Waals surface area contributed by atoms with Gasteiger partial charge in [-0.25, -0.2) is 8.42 Å². The maximum atomic E-state index is 12.5. The number of rotatable bonds is 3. The van der Waals surface area contributed by atoms with E-state index < -0.39 is 10.0 Å². The van der Waals surface area contributed by atoms with Crippen molar-refractivity contribution in [1.29, 1.82) is 0 Å². The normalized spacial score (nSPS) is 25.5. The third-order valence-corrected chi connectivity index (χ3v) is 6.10. The first-order chi connectivity index (χ1) is 8.46. The van der Waals surface area contributed by atoms with Gasteiger partial charge in [0.25, 0.3) is 0 Å². The predicted molar refractivity (Wildman–Crippen MR) is 77.7 cm³/mol. The third-order valence-electron chi connectivity index (χ3n) is 3.44. The molecule has 4 nitrogen and oxygen atoms in total. The average Bonchev–Trinajstić information content (AvgIpc) is 2.71. The van der Waals surface area contributed by atoms with Crippen molar-refractivity contribution >= 4 is 32.6 Å². The molecule has 1 heterocycles. The average molecular weight is 381 g/mol. The van der Waals surface area contributed by atoms with Crippen LogP contribution in [0.4, 0.5) is 0 Å². The van der Waals surface area contributed by atoms with Crippen molar-refractivity contribution in [3.05, 3.63) is 27.8 Å². The molecule has 100 valence electrons. The second-order valence-electron chi connectivity index (χ2n) is 4.59. The number of aliphatic hydroxyl groups excluding tert-OH is 1. The summed E-state index contributed by atoms with van der Waals surface area (Å²) >= 11 is 2.14. The summed E-state index contributed by atoms with van der Waals surface area (Å²) in [5, 5.41) is 9.35. The Labute approximate surface area is 121 Å². The van der Waals surface area contributed by atoms with E-state index in [0.29, 0.717) is 11.4 Å². The SMILES string of the molecule is CC1CCN(S(=O)(=O)c2ccc(I)cc2)C1CO. The summed E-state index contributed by atoms with van der Waals surface area (Å²) in [5.74, 6) is 0.202. The highest BCUT2D eigenvalue weighted by Gasteiger charge is 2.38. The first-order valence-electron chi connectivity index (χ1n) is 5.85. The summed E-state index contributed by atoms with van der Waals surface area (Å²) < 4.78 is 27.4. The largest absolute Gasteiger partial charge is 0.395 e. The number of halogens is 1. The molecule has 1 N–H and O–H groups in total. The van der Waals surface area contributed by atoms with Gasteiger partial charge in [-0.1, -0.05) is 6.92 Å². The molecule has 1 aromatic rings. The molecule has 0 bridgehead atoms. The molecule has 1 saturated heterocycles. The van der Waals surface area contributed by atoms with E-state index in [1.54, 1.807) is 24.3 Å². The number of sulfonamides is 1. The number of aliphatic hydroxyl groups is 1. The van der Waals surface area contributed by atoms with Gasteiger partial charge in [-0.15, -0.1) is 0 Å². The van der Waals surface area contributed by atoms with Gasteiger partial charge >= 0.3 is 0 Å². The summed E-state index contributed by atoms with van der Waals surface area (Å²) in [7, 11) is -3.48. The molecule has 0 aliphatic carbocycles. The molecule has 1 fully saturated rings. The minimum Gasteiger partial charge on any atom is -0.395 e. The van der Waals surface area contributed by atoms with Gasteiger partial charge < -0.3 is 5.11 Å². The lowest BCUT2D eigenvalue weighted by atomic mass is 10.0. The lowest BCUT2D eigenvalue weighted by Gasteiger charge is -2.24. The van der Waals surface area contributed by atoms with Crippen molar-refractivity contribution in [2.45, 2.75) is 24.3 Å². The van der Waals surface area contributed by atoms with E-state index in [4.69, 9.17) is 0 Å². The lowest BCUT2D eigenvalue weighted by molar-refractivity contribution is 0.191. The molecule has 6 heteroatoms. The Morgan fingerprint density at radius 2 is 2.00 bits per heavy atom. The molecule has 2 atom stereocenters. The quantitative estimate of drug-likeness (QED) is 0.811. The molecular weight excluding hydrogens is 365 g/mol. The summed E-state index contributed by atoms with van der Waals surface area (Å²) in [6.07, 6.45) is 0.800. The van der Waals surface area contributed by atoms with Crippen LogP contribution >= 0.6 is 22.6 Å². The summed E-state index contributed by atoms with van der Waals surface area (Å²) in [6, 6.07) is 6.50. The molecule has 1 aromatic carbocycles. The third kappa shape index (κ3) is 2.56. The first kappa shape index (κ1) is 14.2. The van der Waals surface area contributed by atoms with Gasteiger partial charge in [-0.3, -0.25) is 0 Å². The smallest absolute Gasteiger partial charge is 0.243 e. The molecule has 1 aliphatic heterocycles. The van der Waals surface area contributed by atoms with Crippen molar-refractivity contribution in [2.24, 2.45) is 5.92 Å². The van der Waals surface area contributed by atoms with E-state index in [2.05, 4.69) is 22.6 Å². The van der Waals surface area contributed by atoms with Crippen LogP contribution in [0.5, 0.6) is 0 Å². The zero-order valence-corrected chi connectivity index (χ0v) is 13.1. The highest BCUT2D eigenvalue weighted by atomic mass is 127. The van der Waals surface area contributed by atoms with Gasteiger partial charge in [0.05, 0.1) is 17.5 Å². The number of hydrogen-bond acceptors (Lipinski definition) is 3. The fraction of sp³-hybridized carbons (Fsp3) is 0.500. The fourth-order valence-corrected chi connectivity index (χ4v) is 4.37. The Bertz CT molecular complexity index is 515. The van der Waals surface area contributed by atoms with E-state index in [-0.39, 0.29) is 18.6 Å². The van der Waals surface area contributed by atoms with Gasteiger partial charge in [0.15, 0.2) is 0 Å². The Morgan fingerprint density at radius 3 is 2.56 bits per heavy atom. The van der Waals surface area contributed by atoms with Gasteiger partial charge in [-0.05, 0) is 59.2 Å². The van der Waals surface area contributed by atoms with Gasteiger partial charge in [0.1, 0.15) is 0 Å². The van der Waals surface area contributed by atoms with Crippen LogP contribution < -0.4 is 0 Å². The maximum absolute atomic E-state index is 12.5. The molecular formula is C12H16INO3S. The van der Waals surface area contributed by atoms with E-state index in [9.17, 15) is 13.5 Å². The Balaban J connectivity index is 2.34. The minimum atomic E-state index is -3.48. The predicted octanol–water partition coefficient (Wildman–Crippen LogP) is 1.68. The molecule has 2 unspecified atom stereocenters. The molecule has 0 spiro atoms. The van der Waals surface area contributed by atoms with Crippen LogP contribution in [0.1, 0.15) is 13.3 Å². The van der Waals surface area contributed by atoms with Crippen LogP contribution in [-0.2, 0) is 10.0 Å². The van der Waals surface area contributed by atoms with Crippen LogP contribution in [0.15, 0.2) is 29.2 Å². The standard InChI is InChI=1S/C12H16INO3S/c1-9-6-7-14(12(9)8-15)18(16,17)11-4-2-10(13)3-5-11/h2-5,9,12,15H,6-8H2,1H3. The zero-order chi connectivity index (χ0) is 13.3. The van der Waals surface area contributed by atoms with Gasteiger partial charge in [0, 0.05) is 10.1 Å². The van der Waals surface area contributed by atoms with Gasteiger partial charge in [0.2, 0.25) is 10.0 Å². The number of benzene rings is 1. The van der Waals surface area contributed by atoms with Crippen LogP contribution in [0, 0.1) is 9.49 Å². The highest BCUT2D eigenvalue weighted by Crippen LogP contribution is 2.29. The van der Waals surface area contributed by atoms with Gasteiger partial charge in [-0.2, -0.15) is 4.31 Å². The Hall–Kier alpha value is -0.180. The van der Waals surface area contributed by atoms with Crippen LogP contribution in [-0.4, -0.2) is 37.0 Å². The number of nitrogens with zero attached hydrogens (tertiary/aromatic N) is 1. The fourth-order valence-electron chi connectivity index (χ4n) is 2.28. The van der Waals surface area contributed by atoms with Crippen molar-refractivity contribution in [3.63, 3.8) is 0 Å². The number of hydrogen-bond donors (Lipinski definition) is 1. The van der Waals surface area contributed by atoms with Crippen molar-refractivity contribution in [2.75, 3.05) is 13.2 Å². The minimum absolute atomic E-state index is 0.120. The van der Waals surface area contributed by atoms with Crippen molar-refractivity contribution < 1.29 is 13.5 Å². The van der Waals surface area contributed by atoms with E-state index in [0.717, 1.165) is 9.99 Å². The molecule has 0 aromatic heterocycles. The summed E-state index contributed by atoms with van der Waals surface area (Å²) in [4.78, 5) is 0.301. The van der Waals surface area contributed by atoms with E-state index in [1.165, 1.54) is 4.31 Å². The second-order valence-corrected chi connectivity index (χ2v) is 7.72. The monoisotopic (exact) mass is 381 g/mol. The van der Waals surface area contributed by atoms with Crippen molar-refractivity contribution in [3.8, 4) is 0 Å². The maximum Gasteiger partial charge on any atom is 0.243 e. The molecule has 0 amide bonds. The second kappa shape index (κ2) is 5.44. The molecule has 1 aliphatic rings. The topological polar surface area (TPSA) is 57.6 Å². The Morgan fingerprint density at radius 1 is 1.39 bits per heavy atom. The molecule has 0 saturated carbocycles. The highest BCUT2D eigenvalue weighted by molar-refractivity contribution is 14.1. The van der Waals surface area contributed by atoms with E-state index >= 15 is 0 Å². The van der Waals surface area contributed by atoms with Crippen LogP contribution in [0.2, 0.25) is 0 Å². The van der Waals surface area contributed by atoms with E-state index in [1.807, 2.05) is 6.92 Å². The molecule has 0 radical (unpaired) electrons. The summed E-state index contributed by atoms with van der Waals surface area (Å²) in [5.41, 5.74) is 0. The molecule has 2 rings (SSSR count). The lowest BCUT2D eigenvalue weighted by Crippen LogP contribution is -2.39. The summed E-state index contributed by atoms with van der Waals surface area (Å²) in [6.45, 7) is 2.34. The van der Waals surface area contributed by atoms with Crippen LogP contribution in [0.3, 0.4) is 0 Å². The van der Waals surface area contributed by atoms with Crippen LogP contribution in [0.25, 0.3) is 0 Å². The zero-order valence-electron chi connectivity index (χ0n) is 10.1.